The highest BCUT2D eigenvalue weighted by Crippen LogP contribution is 2.52. The van der Waals surface area contributed by atoms with E-state index in [0.29, 0.717) is 89.9 Å². The number of hydrogen-bond donors (Lipinski definition) is 2. The number of likely N-dealkylation sites (tertiary alicyclic amines) is 3. The molecule has 5 saturated heterocycles. The van der Waals surface area contributed by atoms with Crippen molar-refractivity contribution in [2.75, 3.05) is 67.5 Å². The van der Waals surface area contributed by atoms with Crippen LogP contribution in [0.1, 0.15) is 133 Å². The molecule has 2 atom stereocenters. The SMILES string of the molecule is CC(C)n1cnc2cc(-c3ccc4c(c3)N(C3CC(N5CCCCC5)C3)C(=O)C43CCN(C(=O)C4CCCN(C(=O)C5CCN(c6ccc([C@H]7CCC(=O)NC7=O)cn6)CC5)C4)CC3)nc(NC3CC3)c21. The Kier molecular flexibility index (Phi) is 12.1. The predicted molar refractivity (Wildman–Crippen MR) is 271 cm³/mol. The quantitative estimate of drug-likeness (QED) is 0.166. The number of nitrogens with zero attached hydrogens (tertiary/aromatic N) is 9. The van der Waals surface area contributed by atoms with Gasteiger partial charge in [0.1, 0.15) is 11.3 Å². The number of carbonyl (C=O) groups is 5. The first-order valence-electron chi connectivity index (χ1n) is 27.0. The van der Waals surface area contributed by atoms with Crippen LogP contribution in [0.5, 0.6) is 0 Å². The van der Waals surface area contributed by atoms with Crippen molar-refractivity contribution < 1.29 is 24.0 Å². The molecule has 9 heterocycles. The maximum Gasteiger partial charge on any atom is 0.238 e. The second-order valence-electron chi connectivity index (χ2n) is 22.4. The number of piperidine rings is 5. The number of imide groups is 1. The lowest BCUT2D eigenvalue weighted by molar-refractivity contribution is -0.145. The topological polar surface area (TPSA) is 169 Å². The minimum atomic E-state index is -0.693. The smallest absolute Gasteiger partial charge is 0.238 e. The van der Waals surface area contributed by atoms with Gasteiger partial charge in [-0.05, 0) is 140 Å². The van der Waals surface area contributed by atoms with Gasteiger partial charge in [-0.2, -0.15) is 0 Å². The zero-order chi connectivity index (χ0) is 48.5. The van der Waals surface area contributed by atoms with Gasteiger partial charge in [0.05, 0.1) is 34.8 Å². The average molecular weight is 964 g/mol. The molecule has 16 nitrogen and oxygen atoms in total. The van der Waals surface area contributed by atoms with Crippen molar-refractivity contribution in [1.29, 1.82) is 0 Å². The van der Waals surface area contributed by atoms with Crippen LogP contribution in [0, 0.1) is 11.8 Å². The molecule has 16 heteroatoms. The Morgan fingerprint density at radius 3 is 2.27 bits per heavy atom. The van der Waals surface area contributed by atoms with Gasteiger partial charge in [-0.1, -0.05) is 24.6 Å². The van der Waals surface area contributed by atoms with Crippen LogP contribution < -0.4 is 20.4 Å². The molecular formula is C55H69N11O5. The van der Waals surface area contributed by atoms with Crippen LogP contribution in [0.3, 0.4) is 0 Å². The summed E-state index contributed by atoms with van der Waals surface area (Å²) in [7, 11) is 0. The Labute approximate surface area is 416 Å². The Morgan fingerprint density at radius 2 is 1.55 bits per heavy atom. The Bertz CT molecular complexity index is 2720. The van der Waals surface area contributed by atoms with Gasteiger partial charge >= 0.3 is 0 Å². The van der Waals surface area contributed by atoms with E-state index < -0.39 is 5.41 Å². The first-order chi connectivity index (χ1) is 34.5. The highest BCUT2D eigenvalue weighted by Gasteiger charge is 2.56. The lowest BCUT2D eigenvalue weighted by Gasteiger charge is -2.48. The van der Waals surface area contributed by atoms with Crippen LogP contribution in [0.4, 0.5) is 17.3 Å². The molecule has 1 aromatic carbocycles. The molecule has 0 radical (unpaired) electrons. The van der Waals surface area contributed by atoms with Crippen molar-refractivity contribution in [2.24, 2.45) is 11.8 Å². The highest BCUT2D eigenvalue weighted by molar-refractivity contribution is 6.09. The summed E-state index contributed by atoms with van der Waals surface area (Å²) in [5.41, 5.74) is 5.98. The largest absolute Gasteiger partial charge is 0.366 e. The Hall–Kier alpha value is -5.90. The fraction of sp³-hybridized carbons (Fsp3) is 0.600. The number of fused-ring (bicyclic) bond motifs is 3. The van der Waals surface area contributed by atoms with Gasteiger partial charge in [-0.3, -0.25) is 29.3 Å². The molecule has 5 amide bonds. The number of aromatic nitrogens is 4. The molecule has 1 unspecified atom stereocenters. The van der Waals surface area contributed by atoms with E-state index in [1.165, 1.54) is 19.3 Å². The second-order valence-corrected chi connectivity index (χ2v) is 22.4. The van der Waals surface area contributed by atoms with E-state index in [9.17, 15) is 19.2 Å². The summed E-state index contributed by atoms with van der Waals surface area (Å²) in [4.78, 5) is 93.5. The number of amides is 5. The molecule has 71 heavy (non-hydrogen) atoms. The van der Waals surface area contributed by atoms with E-state index >= 15 is 4.79 Å². The van der Waals surface area contributed by atoms with Crippen molar-refractivity contribution in [1.82, 2.24) is 39.5 Å². The van der Waals surface area contributed by atoms with Gasteiger partial charge in [0.2, 0.25) is 29.5 Å². The molecule has 3 aromatic heterocycles. The fourth-order valence-electron chi connectivity index (χ4n) is 13.2. The minimum absolute atomic E-state index is 0.107. The van der Waals surface area contributed by atoms with E-state index in [2.05, 4.69) is 73.0 Å². The molecule has 6 aliphatic heterocycles. The number of benzene rings is 1. The van der Waals surface area contributed by atoms with Gasteiger partial charge in [-0.25, -0.2) is 15.0 Å². The normalized spacial score (nSPS) is 26.3. The first-order valence-corrected chi connectivity index (χ1v) is 27.0. The summed E-state index contributed by atoms with van der Waals surface area (Å²) < 4.78 is 2.20. The van der Waals surface area contributed by atoms with E-state index in [0.717, 1.165) is 102 Å². The molecule has 2 aliphatic carbocycles. The summed E-state index contributed by atoms with van der Waals surface area (Å²) in [5, 5.41) is 6.13. The molecule has 2 N–H and O–H groups in total. The van der Waals surface area contributed by atoms with Crippen molar-refractivity contribution in [2.45, 2.75) is 146 Å². The third-order valence-electron chi connectivity index (χ3n) is 17.7. The van der Waals surface area contributed by atoms with Gasteiger partial charge in [0.15, 0.2) is 5.82 Å². The molecule has 1 spiro atoms. The zero-order valence-corrected chi connectivity index (χ0v) is 41.5. The number of pyridine rings is 2. The minimum Gasteiger partial charge on any atom is -0.366 e. The van der Waals surface area contributed by atoms with Crippen LogP contribution >= 0.6 is 0 Å². The average Bonchev–Trinajstić information content (AvgIpc) is 4.05. The van der Waals surface area contributed by atoms with Gasteiger partial charge in [0, 0.05) is 93.2 Å². The molecule has 0 bridgehead atoms. The zero-order valence-electron chi connectivity index (χ0n) is 41.5. The van der Waals surface area contributed by atoms with Crippen molar-refractivity contribution in [3.63, 3.8) is 0 Å². The van der Waals surface area contributed by atoms with Gasteiger partial charge < -0.3 is 34.4 Å². The van der Waals surface area contributed by atoms with E-state index in [-0.39, 0.29) is 59.4 Å². The fourth-order valence-corrected chi connectivity index (χ4v) is 13.2. The number of carbonyl (C=O) groups excluding carboxylic acids is 5. The van der Waals surface area contributed by atoms with Gasteiger partial charge in [-0.15, -0.1) is 0 Å². The maximum atomic E-state index is 15.3. The summed E-state index contributed by atoms with van der Waals surface area (Å²) >= 11 is 0. The van der Waals surface area contributed by atoms with E-state index in [4.69, 9.17) is 9.97 Å². The number of nitrogens with one attached hydrogen (secondary N) is 2. The van der Waals surface area contributed by atoms with Crippen LogP contribution in [0.2, 0.25) is 0 Å². The van der Waals surface area contributed by atoms with Gasteiger partial charge in [0.25, 0.3) is 0 Å². The Morgan fingerprint density at radius 1 is 0.775 bits per heavy atom. The number of rotatable bonds is 10. The molecule has 4 aromatic rings. The first kappa shape index (κ1) is 46.2. The number of anilines is 3. The van der Waals surface area contributed by atoms with Crippen molar-refractivity contribution >= 4 is 57.9 Å². The predicted octanol–water partition coefficient (Wildman–Crippen LogP) is 6.55. The third kappa shape index (κ3) is 8.54. The van der Waals surface area contributed by atoms with Crippen LogP contribution in [-0.2, 0) is 29.4 Å². The van der Waals surface area contributed by atoms with Crippen molar-refractivity contribution in [3.05, 3.63) is 60.0 Å². The standard InChI is InChI=1S/C55H69N11O5/c1-34(2)65-33-57-45-30-44(59-50(49(45)65)58-39-10-11-39)36-8-13-43-46(27-36)66(41-28-40(29-41)61-20-4-3-5-21-61)54(71)55(43)18-25-63(26-19-55)53(70)38-7-6-22-64(32-38)52(69)35-16-23-62(24-17-35)47-14-9-37(31-56-47)42-12-15-48(67)60-51(42)68/h8-9,13-14,27,30-31,33-35,38-42H,3-7,10-12,15-26,28-29,32H2,1-2H3,(H,58,59)(H,60,67,68)/t38?,40?,41?,42-/m1/s1. The molecular weight excluding hydrogens is 895 g/mol. The van der Waals surface area contributed by atoms with Crippen molar-refractivity contribution in [3.8, 4) is 11.3 Å². The second kappa shape index (κ2) is 18.6. The molecule has 2 saturated carbocycles. The number of imidazole rings is 1. The van der Waals surface area contributed by atoms with E-state index in [1.807, 2.05) is 28.3 Å². The molecule has 374 valence electrons. The lowest BCUT2D eigenvalue weighted by Crippen LogP contribution is -2.58. The summed E-state index contributed by atoms with van der Waals surface area (Å²) in [5.74, 6) is 0.897. The third-order valence-corrected chi connectivity index (χ3v) is 17.7. The summed E-state index contributed by atoms with van der Waals surface area (Å²) in [6.07, 6.45) is 16.7. The van der Waals surface area contributed by atoms with Crippen LogP contribution in [-0.4, -0.2) is 134 Å². The highest BCUT2D eigenvalue weighted by atomic mass is 16.2. The molecule has 12 rings (SSSR count). The van der Waals surface area contributed by atoms with Crippen LogP contribution in [0.15, 0.2) is 48.9 Å². The van der Waals surface area contributed by atoms with E-state index in [1.54, 1.807) is 6.20 Å². The lowest BCUT2D eigenvalue weighted by atomic mass is 9.73. The van der Waals surface area contributed by atoms with Crippen LogP contribution in [0.25, 0.3) is 22.3 Å². The molecule has 8 aliphatic rings. The summed E-state index contributed by atoms with van der Waals surface area (Å²) in [6, 6.07) is 13.8. The number of hydrogen-bond acceptors (Lipinski definition) is 11. The maximum absolute atomic E-state index is 15.3. The molecule has 7 fully saturated rings. The monoisotopic (exact) mass is 964 g/mol. The Balaban J connectivity index is 0.719. The summed E-state index contributed by atoms with van der Waals surface area (Å²) in [6.45, 7) is 10.2.